The molecule has 0 bridgehead atoms. The maximum absolute atomic E-state index is 9.46. The molecule has 8 nitrogen and oxygen atoms in total. The molecule has 5 atom stereocenters. The van der Waals surface area contributed by atoms with Crippen molar-refractivity contribution >= 4 is 0 Å². The molecule has 0 saturated carbocycles. The average molecular weight is 566 g/mol. The lowest BCUT2D eigenvalue weighted by atomic mass is 9.97. The molecule has 4 aromatic carbocycles. The third kappa shape index (κ3) is 8.50. The molecule has 8 heteroatoms. The van der Waals surface area contributed by atoms with E-state index in [9.17, 15) is 5.53 Å². The van der Waals surface area contributed by atoms with Gasteiger partial charge in [-0.05, 0) is 27.8 Å². The van der Waals surface area contributed by atoms with Crippen LogP contribution < -0.4 is 0 Å². The Morgan fingerprint density at radius 2 is 0.952 bits per heavy atom. The number of hydrogen-bond donors (Lipinski definition) is 0. The average Bonchev–Trinajstić information content (AvgIpc) is 3.05. The van der Waals surface area contributed by atoms with Crippen molar-refractivity contribution in [2.45, 2.75) is 57.1 Å². The van der Waals surface area contributed by atoms with Gasteiger partial charge in [0.05, 0.1) is 33.0 Å². The molecule has 5 rings (SSSR count). The van der Waals surface area contributed by atoms with Crippen LogP contribution in [0.15, 0.2) is 126 Å². The summed E-state index contributed by atoms with van der Waals surface area (Å²) in [5.41, 5.74) is 13.5. The number of benzene rings is 4. The molecule has 0 unspecified atom stereocenters. The lowest BCUT2D eigenvalue weighted by Crippen LogP contribution is -2.60. The summed E-state index contributed by atoms with van der Waals surface area (Å²) in [5, 5.41) is 3.99. The smallest absolute Gasteiger partial charge is 0.165 e. The van der Waals surface area contributed by atoms with Gasteiger partial charge in [0.15, 0.2) is 6.23 Å². The van der Waals surface area contributed by atoms with E-state index in [0.717, 1.165) is 22.3 Å². The van der Waals surface area contributed by atoms with Gasteiger partial charge in [-0.3, -0.25) is 0 Å². The molecule has 0 radical (unpaired) electrons. The van der Waals surface area contributed by atoms with Gasteiger partial charge in [0.2, 0.25) is 0 Å². The Morgan fingerprint density at radius 3 is 1.40 bits per heavy atom. The summed E-state index contributed by atoms with van der Waals surface area (Å²) in [6.07, 6.45) is -3.44. The van der Waals surface area contributed by atoms with Gasteiger partial charge < -0.3 is 23.7 Å². The molecule has 1 fully saturated rings. The second-order valence-electron chi connectivity index (χ2n) is 10.1. The van der Waals surface area contributed by atoms with Crippen molar-refractivity contribution in [3.05, 3.63) is 154 Å². The van der Waals surface area contributed by atoms with Crippen LogP contribution in [-0.4, -0.2) is 37.3 Å². The summed E-state index contributed by atoms with van der Waals surface area (Å²) in [5.74, 6) is 0. The summed E-state index contributed by atoms with van der Waals surface area (Å²) in [4.78, 5) is 3.08. The zero-order valence-corrected chi connectivity index (χ0v) is 23.4. The van der Waals surface area contributed by atoms with Crippen LogP contribution in [0.5, 0.6) is 0 Å². The normalized spacial score (nSPS) is 21.9. The van der Waals surface area contributed by atoms with Crippen LogP contribution in [0.25, 0.3) is 10.4 Å². The molecule has 0 amide bonds. The summed E-state index contributed by atoms with van der Waals surface area (Å²) >= 11 is 0. The third-order valence-corrected chi connectivity index (χ3v) is 7.02. The van der Waals surface area contributed by atoms with Gasteiger partial charge in [-0.1, -0.05) is 126 Å². The van der Waals surface area contributed by atoms with E-state index in [1.54, 1.807) is 0 Å². The molecular formula is C34H35N3O5. The highest BCUT2D eigenvalue weighted by atomic mass is 16.6. The molecule has 1 heterocycles. The first-order chi connectivity index (χ1) is 20.8. The standard InChI is InChI=1S/C34H35N3O5/c35-37-36-34-33(41-24-29-19-11-4-12-20-29)32(40-23-28-17-9-3-10-18-28)31(39-22-27-15-7-2-8-16-27)30(42-34)25-38-21-26-13-5-1-6-14-26/h1-20,30-34H,21-25H2/t30-,31+,32+,33-,34+/m1/s1. The molecule has 0 spiro atoms. The second kappa shape index (κ2) is 15.8. The van der Waals surface area contributed by atoms with Crippen LogP contribution in [0.3, 0.4) is 0 Å². The van der Waals surface area contributed by atoms with E-state index < -0.39 is 30.6 Å². The van der Waals surface area contributed by atoms with Crippen molar-refractivity contribution in [3.8, 4) is 0 Å². The van der Waals surface area contributed by atoms with Gasteiger partial charge in [-0.2, -0.15) is 0 Å². The fourth-order valence-electron chi connectivity index (χ4n) is 4.91. The number of ether oxygens (including phenoxy) is 5. The minimum atomic E-state index is -0.943. The first-order valence-corrected chi connectivity index (χ1v) is 14.1. The van der Waals surface area contributed by atoms with Crippen LogP contribution >= 0.6 is 0 Å². The minimum Gasteiger partial charge on any atom is -0.374 e. The second-order valence-corrected chi connectivity index (χ2v) is 10.1. The molecule has 1 aliphatic rings. The highest BCUT2D eigenvalue weighted by Gasteiger charge is 2.48. The number of rotatable bonds is 14. The minimum absolute atomic E-state index is 0.211. The molecule has 1 saturated heterocycles. The van der Waals surface area contributed by atoms with Crippen LogP contribution in [-0.2, 0) is 50.1 Å². The first kappa shape index (κ1) is 29.5. The third-order valence-electron chi connectivity index (χ3n) is 7.02. The monoisotopic (exact) mass is 565 g/mol. The highest BCUT2D eigenvalue weighted by molar-refractivity contribution is 5.16. The molecule has 0 aliphatic carbocycles. The summed E-state index contributed by atoms with van der Waals surface area (Å²) < 4.78 is 32.0. The SMILES string of the molecule is [N-]=[N+]=N[C@H]1O[C@H](COCc2ccccc2)[C@H](OCc2ccccc2)[C@H](OCc2ccccc2)[C@H]1OCc1ccccc1. The van der Waals surface area contributed by atoms with Crippen molar-refractivity contribution in [3.63, 3.8) is 0 Å². The van der Waals surface area contributed by atoms with Crippen molar-refractivity contribution in [2.24, 2.45) is 5.11 Å². The number of hydrogen-bond acceptors (Lipinski definition) is 6. The Morgan fingerprint density at radius 1 is 0.548 bits per heavy atom. The molecule has 216 valence electrons. The van der Waals surface area contributed by atoms with E-state index >= 15 is 0 Å². The lowest BCUT2D eigenvalue weighted by Gasteiger charge is -2.45. The Kier molecular flexibility index (Phi) is 11.1. The Bertz CT molecular complexity index is 1370. The van der Waals surface area contributed by atoms with Crippen LogP contribution in [0.2, 0.25) is 0 Å². The highest BCUT2D eigenvalue weighted by Crippen LogP contribution is 2.31. The summed E-state index contributed by atoms with van der Waals surface area (Å²) in [7, 11) is 0. The maximum Gasteiger partial charge on any atom is 0.165 e. The van der Waals surface area contributed by atoms with Crippen molar-refractivity contribution < 1.29 is 23.7 Å². The quantitative estimate of drug-likeness (QED) is 0.0933. The fourth-order valence-corrected chi connectivity index (χ4v) is 4.91. The summed E-state index contributed by atoms with van der Waals surface area (Å²) in [6, 6.07) is 39.6. The van der Waals surface area contributed by atoms with E-state index in [2.05, 4.69) is 10.0 Å². The van der Waals surface area contributed by atoms with E-state index in [1.165, 1.54) is 0 Å². The molecular weight excluding hydrogens is 530 g/mol. The van der Waals surface area contributed by atoms with Gasteiger partial charge in [-0.15, -0.1) is 0 Å². The van der Waals surface area contributed by atoms with Crippen molar-refractivity contribution in [2.75, 3.05) is 6.61 Å². The number of nitrogens with zero attached hydrogens (tertiary/aromatic N) is 3. The maximum atomic E-state index is 9.46. The Labute approximate surface area is 246 Å². The largest absolute Gasteiger partial charge is 0.374 e. The predicted octanol–water partition coefficient (Wildman–Crippen LogP) is 6.99. The molecule has 0 N–H and O–H groups in total. The van der Waals surface area contributed by atoms with Crippen LogP contribution in [0.1, 0.15) is 22.3 Å². The molecule has 0 aromatic heterocycles. The van der Waals surface area contributed by atoms with E-state index in [0.29, 0.717) is 19.8 Å². The van der Waals surface area contributed by atoms with E-state index in [4.69, 9.17) is 23.7 Å². The van der Waals surface area contributed by atoms with Gasteiger partial charge in [0.1, 0.15) is 24.4 Å². The Balaban J connectivity index is 1.41. The molecule has 42 heavy (non-hydrogen) atoms. The van der Waals surface area contributed by atoms with Crippen LogP contribution in [0, 0.1) is 0 Å². The van der Waals surface area contributed by atoms with Crippen molar-refractivity contribution in [1.29, 1.82) is 0 Å². The topological polar surface area (TPSA) is 94.9 Å². The van der Waals surface area contributed by atoms with Crippen LogP contribution in [0.4, 0.5) is 0 Å². The Hall–Kier alpha value is -4.01. The zero-order chi connectivity index (χ0) is 28.8. The van der Waals surface area contributed by atoms with Gasteiger partial charge in [-0.25, -0.2) is 0 Å². The zero-order valence-electron chi connectivity index (χ0n) is 23.4. The molecule has 4 aromatic rings. The van der Waals surface area contributed by atoms with Crippen molar-refractivity contribution in [1.82, 2.24) is 0 Å². The van der Waals surface area contributed by atoms with E-state index in [1.807, 2.05) is 121 Å². The molecule has 1 aliphatic heterocycles. The van der Waals surface area contributed by atoms with E-state index in [-0.39, 0.29) is 13.2 Å². The lowest BCUT2D eigenvalue weighted by molar-refractivity contribution is -0.271. The first-order valence-electron chi connectivity index (χ1n) is 14.1. The fraction of sp³-hybridized carbons (Fsp3) is 0.294. The van der Waals surface area contributed by atoms with Gasteiger partial charge >= 0.3 is 0 Å². The predicted molar refractivity (Wildman–Crippen MR) is 159 cm³/mol. The van der Waals surface area contributed by atoms with Gasteiger partial charge in [0.25, 0.3) is 0 Å². The van der Waals surface area contributed by atoms with Gasteiger partial charge in [0, 0.05) is 4.91 Å². The summed E-state index contributed by atoms with van der Waals surface area (Å²) in [6.45, 7) is 1.57. The number of azide groups is 1.